The van der Waals surface area contributed by atoms with Gasteiger partial charge < -0.3 is 9.80 Å². The molecular weight excluding hydrogens is 404 g/mol. The molecule has 32 heavy (non-hydrogen) atoms. The first kappa shape index (κ1) is 19.9. The molecule has 2 aromatic rings. The first-order valence-corrected chi connectivity index (χ1v) is 12.0. The second kappa shape index (κ2) is 7.42. The minimum atomic E-state index is -0.138. The topological polar surface area (TPSA) is 75.5 Å². The van der Waals surface area contributed by atoms with Crippen molar-refractivity contribution in [3.05, 3.63) is 40.7 Å². The molecule has 1 aromatic heterocycles. The van der Waals surface area contributed by atoms with Crippen LogP contribution in [0.2, 0.25) is 0 Å². The summed E-state index contributed by atoms with van der Waals surface area (Å²) in [6, 6.07) is 7.24. The zero-order valence-corrected chi connectivity index (χ0v) is 18.4. The normalized spacial score (nSPS) is 31.3. The number of piperazine rings is 1. The fourth-order valence-electron chi connectivity index (χ4n) is 7.38. The zero-order chi connectivity index (χ0) is 21.9. The summed E-state index contributed by atoms with van der Waals surface area (Å²) in [5, 5.41) is 4.75. The molecule has 7 rings (SSSR count). The maximum Gasteiger partial charge on any atom is 0.244 e. The van der Waals surface area contributed by atoms with Gasteiger partial charge in [0.25, 0.3) is 0 Å². The molecule has 2 amide bonds. The zero-order valence-electron chi connectivity index (χ0n) is 18.4. The lowest BCUT2D eigenvalue weighted by Crippen LogP contribution is -2.58. The lowest BCUT2D eigenvalue weighted by molar-refractivity contribution is -0.160. The Balaban J connectivity index is 1.11. The first-order valence-electron chi connectivity index (χ1n) is 12.0. The van der Waals surface area contributed by atoms with Gasteiger partial charge in [-0.3, -0.25) is 19.1 Å². The van der Waals surface area contributed by atoms with E-state index in [1.165, 1.54) is 25.5 Å². The van der Waals surface area contributed by atoms with E-state index in [9.17, 15) is 14.4 Å². The average molecular weight is 435 g/mol. The van der Waals surface area contributed by atoms with Gasteiger partial charge in [0, 0.05) is 31.6 Å². The summed E-state index contributed by atoms with van der Waals surface area (Å²) in [6.07, 6.45) is 8.54. The highest BCUT2D eigenvalue weighted by atomic mass is 16.2. The van der Waals surface area contributed by atoms with Crippen LogP contribution in [0.1, 0.15) is 38.5 Å². The number of nitrogens with zero attached hydrogens (tertiary/aromatic N) is 4. The molecule has 0 radical (unpaired) electrons. The van der Waals surface area contributed by atoms with Gasteiger partial charge in [0.1, 0.15) is 6.54 Å². The third-order valence-corrected chi connectivity index (χ3v) is 8.46. The Labute approximate surface area is 187 Å². The lowest BCUT2D eigenvalue weighted by atomic mass is 9.49. The third kappa shape index (κ3) is 3.24. The summed E-state index contributed by atoms with van der Waals surface area (Å²) < 4.78 is 1.60. The predicted octanol–water partition coefficient (Wildman–Crippen LogP) is 2.28. The van der Waals surface area contributed by atoms with E-state index in [1.54, 1.807) is 10.7 Å². The number of para-hydroxylation sites is 1. The van der Waals surface area contributed by atoms with Gasteiger partial charge in [-0.2, -0.15) is 5.10 Å². The van der Waals surface area contributed by atoms with E-state index in [0.29, 0.717) is 43.0 Å². The Kier molecular flexibility index (Phi) is 4.63. The van der Waals surface area contributed by atoms with E-state index in [4.69, 9.17) is 0 Å². The number of aromatic nitrogens is 2. The van der Waals surface area contributed by atoms with Crippen LogP contribution < -0.4 is 5.43 Å². The summed E-state index contributed by atoms with van der Waals surface area (Å²) in [7, 11) is 0. The van der Waals surface area contributed by atoms with Crippen LogP contribution in [0.3, 0.4) is 0 Å². The summed E-state index contributed by atoms with van der Waals surface area (Å²) >= 11 is 0. The van der Waals surface area contributed by atoms with Crippen molar-refractivity contribution in [1.82, 2.24) is 19.6 Å². The van der Waals surface area contributed by atoms with Crippen molar-refractivity contribution < 1.29 is 9.59 Å². The van der Waals surface area contributed by atoms with Gasteiger partial charge in [-0.05, 0) is 68.4 Å². The van der Waals surface area contributed by atoms with E-state index < -0.39 is 0 Å². The molecule has 0 atom stereocenters. The van der Waals surface area contributed by atoms with Crippen LogP contribution in [-0.4, -0.2) is 57.6 Å². The molecule has 1 aliphatic heterocycles. The van der Waals surface area contributed by atoms with Crippen molar-refractivity contribution in [2.75, 3.05) is 26.2 Å². The number of benzene rings is 1. The van der Waals surface area contributed by atoms with E-state index in [1.807, 2.05) is 28.0 Å². The van der Waals surface area contributed by atoms with Gasteiger partial charge in [-0.25, -0.2) is 0 Å². The molecule has 1 saturated heterocycles. The largest absolute Gasteiger partial charge is 0.339 e. The Hall–Kier alpha value is -2.70. The average Bonchev–Trinajstić information content (AvgIpc) is 2.80. The minimum absolute atomic E-state index is 0.0202. The van der Waals surface area contributed by atoms with Gasteiger partial charge in [0.15, 0.2) is 0 Å². The number of hydrogen-bond donors (Lipinski definition) is 0. The molecule has 4 saturated carbocycles. The second-order valence-corrected chi connectivity index (χ2v) is 10.6. The Bertz CT molecular complexity index is 1100. The van der Waals surface area contributed by atoms with Crippen LogP contribution >= 0.6 is 0 Å². The van der Waals surface area contributed by atoms with Gasteiger partial charge >= 0.3 is 0 Å². The number of fused-ring (bicyclic) bond motifs is 1. The van der Waals surface area contributed by atoms with Crippen molar-refractivity contribution in [3.63, 3.8) is 0 Å². The number of rotatable bonds is 3. The Morgan fingerprint density at radius 2 is 1.50 bits per heavy atom. The monoisotopic (exact) mass is 434 g/mol. The molecule has 0 unspecified atom stereocenters. The summed E-state index contributed by atoms with van der Waals surface area (Å²) in [5.41, 5.74) is 0.421. The van der Waals surface area contributed by atoms with Crippen molar-refractivity contribution in [2.24, 2.45) is 23.2 Å². The predicted molar refractivity (Wildman–Crippen MR) is 120 cm³/mol. The van der Waals surface area contributed by atoms with Gasteiger partial charge in [0.2, 0.25) is 17.2 Å². The van der Waals surface area contributed by atoms with Gasteiger partial charge in [-0.1, -0.05) is 12.1 Å². The summed E-state index contributed by atoms with van der Waals surface area (Å²) in [6.45, 7) is 2.46. The molecule has 5 fully saturated rings. The maximum atomic E-state index is 13.6. The molecule has 2 heterocycles. The minimum Gasteiger partial charge on any atom is -0.339 e. The van der Waals surface area contributed by atoms with Crippen molar-refractivity contribution >= 4 is 22.7 Å². The number of hydrogen-bond acceptors (Lipinski definition) is 4. The fraction of sp³-hybridized carbons (Fsp3) is 0.600. The number of carbonyl (C=O) groups is 2. The fourth-order valence-corrected chi connectivity index (χ4v) is 7.38. The van der Waals surface area contributed by atoms with E-state index >= 15 is 0 Å². The molecular formula is C25H30N4O3. The molecule has 0 N–H and O–H groups in total. The first-order chi connectivity index (χ1) is 15.5. The second-order valence-electron chi connectivity index (χ2n) is 10.6. The summed E-state index contributed by atoms with van der Waals surface area (Å²) in [5.74, 6) is 2.61. The smallest absolute Gasteiger partial charge is 0.244 e. The van der Waals surface area contributed by atoms with Crippen LogP contribution in [0.25, 0.3) is 10.9 Å². The highest BCUT2D eigenvalue weighted by molar-refractivity contribution is 5.84. The SMILES string of the molecule is O=C(Cn1ncc(=O)c2ccccc21)N1CCN(C(=O)C23CC4CC(CC(C4)C2)C3)CC1. The van der Waals surface area contributed by atoms with Crippen molar-refractivity contribution in [2.45, 2.75) is 45.1 Å². The van der Waals surface area contributed by atoms with Crippen LogP contribution in [0.4, 0.5) is 0 Å². The molecule has 4 bridgehead atoms. The highest BCUT2D eigenvalue weighted by Crippen LogP contribution is 2.60. The van der Waals surface area contributed by atoms with Gasteiger partial charge in [0.05, 0.1) is 17.1 Å². The van der Waals surface area contributed by atoms with Gasteiger partial charge in [-0.15, -0.1) is 0 Å². The molecule has 1 aromatic carbocycles. The molecule has 7 heteroatoms. The standard InChI is InChI=1S/C25H30N4O3/c30-22-15-26-29(21-4-2-1-3-20(21)22)16-23(31)27-5-7-28(8-6-27)24(32)25-12-17-9-18(13-25)11-19(10-17)14-25/h1-4,15,17-19H,5-14,16H2. The molecule has 168 valence electrons. The van der Waals surface area contributed by atoms with Crippen LogP contribution in [0.15, 0.2) is 35.3 Å². The van der Waals surface area contributed by atoms with E-state index in [2.05, 4.69) is 5.10 Å². The van der Waals surface area contributed by atoms with Crippen molar-refractivity contribution in [1.29, 1.82) is 0 Å². The Morgan fingerprint density at radius 1 is 0.906 bits per heavy atom. The van der Waals surface area contributed by atoms with E-state index in [-0.39, 0.29) is 23.3 Å². The molecule has 4 aliphatic carbocycles. The number of carbonyl (C=O) groups excluding carboxylic acids is 2. The van der Waals surface area contributed by atoms with Crippen LogP contribution in [0, 0.1) is 23.2 Å². The molecule has 0 spiro atoms. The lowest BCUT2D eigenvalue weighted by Gasteiger charge is -2.57. The van der Waals surface area contributed by atoms with E-state index in [0.717, 1.165) is 37.0 Å². The van der Waals surface area contributed by atoms with Crippen molar-refractivity contribution in [3.8, 4) is 0 Å². The molecule has 5 aliphatic rings. The summed E-state index contributed by atoms with van der Waals surface area (Å²) in [4.78, 5) is 42.5. The molecule has 7 nitrogen and oxygen atoms in total. The maximum absolute atomic E-state index is 13.6. The van der Waals surface area contributed by atoms with Crippen LogP contribution in [-0.2, 0) is 16.1 Å². The highest BCUT2D eigenvalue weighted by Gasteiger charge is 2.55. The number of amides is 2. The quantitative estimate of drug-likeness (QED) is 0.743. The van der Waals surface area contributed by atoms with Crippen LogP contribution in [0.5, 0.6) is 0 Å². The Morgan fingerprint density at radius 3 is 2.16 bits per heavy atom. The third-order valence-electron chi connectivity index (χ3n) is 8.46.